The van der Waals surface area contributed by atoms with Gasteiger partial charge in [-0.25, -0.2) is 0 Å². The van der Waals surface area contributed by atoms with E-state index in [1.807, 2.05) is 13.8 Å². The van der Waals surface area contributed by atoms with E-state index in [0.717, 1.165) is 5.56 Å². The number of ketones is 1. The van der Waals surface area contributed by atoms with Crippen LogP contribution in [0.25, 0.3) is 0 Å². The van der Waals surface area contributed by atoms with Crippen molar-refractivity contribution in [2.45, 2.75) is 143 Å². The van der Waals surface area contributed by atoms with Crippen LogP contribution in [0.2, 0.25) is 5.02 Å². The quantitative estimate of drug-likeness (QED) is 0.165. The Kier molecular flexibility index (Phi) is 22.2. The van der Waals surface area contributed by atoms with Gasteiger partial charge < -0.3 is 4.74 Å². The summed E-state index contributed by atoms with van der Waals surface area (Å²) in [6, 6.07) is 7.00. The van der Waals surface area contributed by atoms with Crippen LogP contribution < -0.4 is 0 Å². The first kappa shape index (κ1) is 33.7. The van der Waals surface area contributed by atoms with Gasteiger partial charge in [-0.15, -0.1) is 0 Å². The average molecular weight is 509 g/mol. The molecule has 2 rings (SSSR count). The van der Waals surface area contributed by atoms with Gasteiger partial charge in [0, 0.05) is 5.02 Å². The molecule has 1 aliphatic rings. The van der Waals surface area contributed by atoms with E-state index in [0.29, 0.717) is 5.02 Å². The predicted molar refractivity (Wildman–Crippen MR) is 151 cm³/mol. The van der Waals surface area contributed by atoms with Crippen LogP contribution >= 0.6 is 11.6 Å². The molecule has 0 aliphatic carbocycles. The molecule has 0 radical (unpaired) electrons. The monoisotopic (exact) mass is 508 g/mol. The van der Waals surface area contributed by atoms with Crippen molar-refractivity contribution < 1.29 is 14.3 Å². The van der Waals surface area contributed by atoms with Crippen molar-refractivity contribution >= 4 is 23.4 Å². The summed E-state index contributed by atoms with van der Waals surface area (Å²) in [6.45, 7) is 10.1. The summed E-state index contributed by atoms with van der Waals surface area (Å²) in [6.07, 6.45) is 21.6. The number of Topliss-reactive ketones (excluding diaryl/α,β-unsaturated/α-hetero) is 1. The molecule has 0 aromatic heterocycles. The van der Waals surface area contributed by atoms with Crippen LogP contribution in [-0.4, -0.2) is 11.8 Å². The molecule has 1 aromatic carbocycles. The highest BCUT2D eigenvalue weighted by Gasteiger charge is 2.38. The summed E-state index contributed by atoms with van der Waals surface area (Å²) in [5.41, 5.74) is 0.815. The highest BCUT2D eigenvalue weighted by atomic mass is 35.5. The summed E-state index contributed by atoms with van der Waals surface area (Å²) in [4.78, 5) is 22.6. The second-order valence-electron chi connectivity index (χ2n) is 9.48. The Morgan fingerprint density at radius 2 is 1.14 bits per heavy atom. The van der Waals surface area contributed by atoms with Crippen LogP contribution in [0.15, 0.2) is 24.3 Å². The van der Waals surface area contributed by atoms with Gasteiger partial charge in [-0.05, 0) is 24.6 Å². The molecule has 0 saturated carbocycles. The molecule has 0 spiro atoms. The SMILES string of the molecule is CC.CC(=O)[C@H]1CC(=O)OC1c1ccc(Cl)cc1.CCCCCCCCCCCCCCCCC. The molecule has 0 amide bonds. The molecule has 1 heterocycles. The van der Waals surface area contributed by atoms with Crippen molar-refractivity contribution in [3.05, 3.63) is 34.9 Å². The van der Waals surface area contributed by atoms with E-state index in [1.165, 1.54) is 103 Å². The normalized spacial score (nSPS) is 16.6. The molecule has 1 fully saturated rings. The maximum Gasteiger partial charge on any atom is 0.307 e. The number of carbonyl (C=O) groups excluding carboxylic acids is 2. The van der Waals surface area contributed by atoms with Gasteiger partial charge in [0.15, 0.2) is 0 Å². The zero-order valence-corrected chi connectivity index (χ0v) is 24.1. The van der Waals surface area contributed by atoms with Gasteiger partial charge >= 0.3 is 5.97 Å². The summed E-state index contributed by atoms with van der Waals surface area (Å²) in [5, 5.41) is 0.618. The van der Waals surface area contributed by atoms with E-state index in [2.05, 4.69) is 13.8 Å². The maximum absolute atomic E-state index is 11.4. The molecule has 4 heteroatoms. The third-order valence-electron chi connectivity index (χ3n) is 6.44. The Labute approximate surface area is 221 Å². The first-order valence-corrected chi connectivity index (χ1v) is 14.8. The summed E-state index contributed by atoms with van der Waals surface area (Å²) < 4.78 is 5.16. The van der Waals surface area contributed by atoms with Crippen molar-refractivity contribution in [2.75, 3.05) is 0 Å². The Hall–Kier alpha value is -1.35. The predicted octanol–water partition coefficient (Wildman–Crippen LogP) is 10.4. The van der Waals surface area contributed by atoms with E-state index in [9.17, 15) is 9.59 Å². The number of cyclic esters (lactones) is 1. The summed E-state index contributed by atoms with van der Waals surface area (Å²) in [5.74, 6) is -0.709. The van der Waals surface area contributed by atoms with E-state index < -0.39 is 6.10 Å². The van der Waals surface area contributed by atoms with Gasteiger partial charge in [-0.1, -0.05) is 148 Å². The molecule has 1 aliphatic heterocycles. The molecule has 0 bridgehead atoms. The van der Waals surface area contributed by atoms with Crippen LogP contribution in [0.4, 0.5) is 0 Å². The van der Waals surface area contributed by atoms with Gasteiger partial charge in [-0.3, -0.25) is 9.59 Å². The fourth-order valence-electron chi connectivity index (χ4n) is 4.31. The van der Waals surface area contributed by atoms with E-state index in [1.54, 1.807) is 24.3 Å². The Morgan fingerprint density at radius 3 is 1.49 bits per heavy atom. The molecule has 202 valence electrons. The van der Waals surface area contributed by atoms with Crippen molar-refractivity contribution in [2.24, 2.45) is 5.92 Å². The van der Waals surface area contributed by atoms with Crippen LogP contribution in [0.1, 0.15) is 149 Å². The third-order valence-corrected chi connectivity index (χ3v) is 6.69. The summed E-state index contributed by atoms with van der Waals surface area (Å²) in [7, 11) is 0. The maximum atomic E-state index is 11.4. The Bertz CT molecular complexity index is 627. The zero-order chi connectivity index (χ0) is 26.3. The second kappa shape index (κ2) is 23.1. The second-order valence-corrected chi connectivity index (χ2v) is 9.92. The molecule has 35 heavy (non-hydrogen) atoms. The van der Waals surface area contributed by atoms with E-state index >= 15 is 0 Å². The topological polar surface area (TPSA) is 43.4 Å². The number of carbonyl (C=O) groups is 2. The van der Waals surface area contributed by atoms with Crippen molar-refractivity contribution in [1.29, 1.82) is 0 Å². The van der Waals surface area contributed by atoms with Crippen LogP contribution in [0, 0.1) is 5.92 Å². The lowest BCUT2D eigenvalue weighted by Crippen LogP contribution is -2.15. The first-order valence-electron chi connectivity index (χ1n) is 14.4. The summed E-state index contributed by atoms with van der Waals surface area (Å²) >= 11 is 5.77. The van der Waals surface area contributed by atoms with Crippen molar-refractivity contribution in [3.63, 3.8) is 0 Å². The number of rotatable bonds is 16. The van der Waals surface area contributed by atoms with Gasteiger partial charge in [0.2, 0.25) is 0 Å². The minimum Gasteiger partial charge on any atom is -0.457 e. The molecule has 0 N–H and O–H groups in total. The smallest absolute Gasteiger partial charge is 0.307 e. The van der Waals surface area contributed by atoms with Crippen LogP contribution in [-0.2, 0) is 14.3 Å². The lowest BCUT2D eigenvalue weighted by atomic mass is 9.92. The molecule has 1 saturated heterocycles. The lowest BCUT2D eigenvalue weighted by Gasteiger charge is -2.15. The fourth-order valence-corrected chi connectivity index (χ4v) is 4.44. The minimum atomic E-state index is -0.456. The number of hydrogen-bond donors (Lipinski definition) is 0. The van der Waals surface area contributed by atoms with Gasteiger partial charge in [-0.2, -0.15) is 0 Å². The van der Waals surface area contributed by atoms with E-state index in [-0.39, 0.29) is 24.1 Å². The van der Waals surface area contributed by atoms with Gasteiger partial charge in [0.25, 0.3) is 0 Å². The molecule has 1 unspecified atom stereocenters. The van der Waals surface area contributed by atoms with E-state index in [4.69, 9.17) is 16.3 Å². The largest absolute Gasteiger partial charge is 0.457 e. The number of esters is 1. The number of halogens is 1. The lowest BCUT2D eigenvalue weighted by molar-refractivity contribution is -0.141. The molecular weight excluding hydrogens is 456 g/mol. The highest BCUT2D eigenvalue weighted by Crippen LogP contribution is 2.36. The average Bonchev–Trinajstić information content (AvgIpc) is 3.26. The molecule has 3 nitrogen and oxygen atoms in total. The van der Waals surface area contributed by atoms with Gasteiger partial charge in [0.1, 0.15) is 11.9 Å². The van der Waals surface area contributed by atoms with Crippen LogP contribution in [0.5, 0.6) is 0 Å². The fraction of sp³-hybridized carbons (Fsp3) is 0.742. The third kappa shape index (κ3) is 16.9. The van der Waals surface area contributed by atoms with Crippen molar-refractivity contribution in [3.8, 4) is 0 Å². The van der Waals surface area contributed by atoms with Crippen LogP contribution in [0.3, 0.4) is 0 Å². The Balaban J connectivity index is 0.000000617. The number of hydrogen-bond acceptors (Lipinski definition) is 3. The molecule has 1 aromatic rings. The van der Waals surface area contributed by atoms with Gasteiger partial charge in [0.05, 0.1) is 12.3 Å². The molecule has 2 atom stereocenters. The Morgan fingerprint density at radius 1 is 0.771 bits per heavy atom. The minimum absolute atomic E-state index is 0.0224. The number of unbranched alkanes of at least 4 members (excludes halogenated alkanes) is 14. The molecular formula is C31H53ClO3. The first-order chi connectivity index (χ1) is 17.0. The standard InChI is InChI=1S/C17H36.C12H11ClO3.C2H6/c1-3-5-7-9-11-13-15-17-16-14-12-10-8-6-4-2;1-7(14)10-6-11(15)16-12(10)8-2-4-9(13)5-3-8;1-2/h3-17H2,1-2H3;2-5,10,12H,6H2,1H3;1-2H3/t;10-,12?;/m.1./s1. The van der Waals surface area contributed by atoms with Crippen molar-refractivity contribution in [1.82, 2.24) is 0 Å². The highest BCUT2D eigenvalue weighted by molar-refractivity contribution is 6.30. The number of ether oxygens (including phenoxy) is 1. The zero-order valence-electron chi connectivity index (χ0n) is 23.4. The number of benzene rings is 1.